The SMILES string of the molecule is CC(C)(C)S(=O)c1ccc(Nc2nn(C3CCCC3)c3cc[nH]c(=O)c23)cc1. The van der Waals surface area contributed by atoms with Gasteiger partial charge in [0, 0.05) is 21.5 Å². The van der Waals surface area contributed by atoms with E-state index in [-0.39, 0.29) is 10.3 Å². The minimum absolute atomic E-state index is 0.144. The van der Waals surface area contributed by atoms with Crippen molar-refractivity contribution in [1.82, 2.24) is 14.8 Å². The van der Waals surface area contributed by atoms with Crippen LogP contribution in [0.1, 0.15) is 52.5 Å². The Labute approximate surface area is 166 Å². The molecule has 1 aromatic carbocycles. The van der Waals surface area contributed by atoms with Crippen LogP contribution in [0.5, 0.6) is 0 Å². The van der Waals surface area contributed by atoms with Crippen LogP contribution in [0.25, 0.3) is 10.9 Å². The predicted octanol–water partition coefficient (Wildman–Crippen LogP) is 4.49. The van der Waals surface area contributed by atoms with Gasteiger partial charge in [-0.05, 0) is 63.9 Å². The van der Waals surface area contributed by atoms with Crippen LogP contribution in [-0.2, 0) is 10.8 Å². The van der Waals surface area contributed by atoms with Crippen molar-refractivity contribution in [2.45, 2.75) is 62.1 Å². The molecule has 1 aliphatic carbocycles. The Morgan fingerprint density at radius 1 is 1.14 bits per heavy atom. The molecule has 2 aromatic heterocycles. The molecule has 148 valence electrons. The molecule has 1 atom stereocenters. The van der Waals surface area contributed by atoms with Gasteiger partial charge in [-0.3, -0.25) is 13.7 Å². The summed E-state index contributed by atoms with van der Waals surface area (Å²) in [6.07, 6.45) is 6.26. The summed E-state index contributed by atoms with van der Waals surface area (Å²) in [5.41, 5.74) is 1.54. The molecule has 3 aromatic rings. The Morgan fingerprint density at radius 3 is 2.46 bits per heavy atom. The second-order valence-electron chi connectivity index (χ2n) is 8.33. The van der Waals surface area contributed by atoms with E-state index < -0.39 is 10.8 Å². The van der Waals surface area contributed by atoms with Crippen molar-refractivity contribution in [3.05, 3.63) is 46.9 Å². The normalized spacial score (nSPS) is 16.5. The number of fused-ring (bicyclic) bond motifs is 1. The van der Waals surface area contributed by atoms with Gasteiger partial charge in [-0.1, -0.05) is 12.8 Å². The highest BCUT2D eigenvalue weighted by atomic mass is 32.2. The van der Waals surface area contributed by atoms with Crippen molar-refractivity contribution >= 4 is 33.2 Å². The van der Waals surface area contributed by atoms with Crippen molar-refractivity contribution in [2.75, 3.05) is 5.32 Å². The summed E-state index contributed by atoms with van der Waals surface area (Å²) in [6.45, 7) is 5.88. The third-order valence-electron chi connectivity index (χ3n) is 5.19. The molecule has 1 fully saturated rings. The van der Waals surface area contributed by atoms with Gasteiger partial charge in [0.2, 0.25) is 0 Å². The van der Waals surface area contributed by atoms with E-state index in [2.05, 4.69) is 10.3 Å². The lowest BCUT2D eigenvalue weighted by Crippen LogP contribution is -2.21. The van der Waals surface area contributed by atoms with E-state index in [1.807, 2.05) is 55.8 Å². The summed E-state index contributed by atoms with van der Waals surface area (Å²) >= 11 is 0. The van der Waals surface area contributed by atoms with Crippen LogP contribution < -0.4 is 10.9 Å². The summed E-state index contributed by atoms with van der Waals surface area (Å²) < 4.78 is 14.2. The van der Waals surface area contributed by atoms with Gasteiger partial charge >= 0.3 is 0 Å². The zero-order chi connectivity index (χ0) is 19.9. The second-order valence-corrected chi connectivity index (χ2v) is 10.6. The zero-order valence-corrected chi connectivity index (χ0v) is 17.3. The number of hydrogen-bond donors (Lipinski definition) is 2. The molecule has 0 saturated heterocycles. The molecule has 2 N–H and O–H groups in total. The first-order valence-electron chi connectivity index (χ1n) is 9.73. The van der Waals surface area contributed by atoms with Gasteiger partial charge in [0.25, 0.3) is 5.56 Å². The molecule has 28 heavy (non-hydrogen) atoms. The third kappa shape index (κ3) is 3.51. The monoisotopic (exact) mass is 398 g/mol. The van der Waals surface area contributed by atoms with Crippen molar-refractivity contribution in [2.24, 2.45) is 0 Å². The minimum atomic E-state index is -1.08. The smallest absolute Gasteiger partial charge is 0.261 e. The lowest BCUT2D eigenvalue weighted by molar-refractivity contribution is 0.483. The highest BCUT2D eigenvalue weighted by molar-refractivity contribution is 7.86. The van der Waals surface area contributed by atoms with Gasteiger partial charge in [0.05, 0.1) is 22.4 Å². The van der Waals surface area contributed by atoms with E-state index in [1.165, 1.54) is 12.8 Å². The average Bonchev–Trinajstić information content (AvgIpc) is 3.30. The molecule has 1 saturated carbocycles. The average molecular weight is 399 g/mol. The van der Waals surface area contributed by atoms with Crippen LogP contribution in [0, 0.1) is 0 Å². The zero-order valence-electron chi connectivity index (χ0n) is 16.5. The molecule has 0 spiro atoms. The van der Waals surface area contributed by atoms with Crippen LogP contribution in [0.15, 0.2) is 46.2 Å². The summed E-state index contributed by atoms with van der Waals surface area (Å²) in [5, 5.41) is 8.62. The number of hydrogen-bond acceptors (Lipinski definition) is 4. The van der Waals surface area contributed by atoms with E-state index in [9.17, 15) is 9.00 Å². The van der Waals surface area contributed by atoms with Crippen LogP contribution in [0.2, 0.25) is 0 Å². The number of pyridine rings is 1. The molecule has 1 aliphatic rings. The van der Waals surface area contributed by atoms with Gasteiger partial charge in [-0.25, -0.2) is 0 Å². The van der Waals surface area contributed by atoms with E-state index >= 15 is 0 Å². The molecule has 1 unspecified atom stereocenters. The Balaban J connectivity index is 1.68. The molecule has 0 radical (unpaired) electrons. The molecule has 2 heterocycles. The molecule has 6 nitrogen and oxygen atoms in total. The van der Waals surface area contributed by atoms with Gasteiger partial charge in [0.15, 0.2) is 5.82 Å². The fourth-order valence-electron chi connectivity index (χ4n) is 3.77. The molecule has 4 rings (SSSR count). The maximum Gasteiger partial charge on any atom is 0.261 e. The topological polar surface area (TPSA) is 79.8 Å². The molecule has 0 amide bonds. The number of rotatable bonds is 4. The number of nitrogens with one attached hydrogen (secondary N) is 2. The van der Waals surface area contributed by atoms with Gasteiger partial charge in [0.1, 0.15) is 5.39 Å². The molecular weight excluding hydrogens is 372 g/mol. The van der Waals surface area contributed by atoms with Gasteiger partial charge in [-0.15, -0.1) is 0 Å². The summed E-state index contributed by atoms with van der Waals surface area (Å²) in [7, 11) is -1.08. The molecule has 7 heteroatoms. The highest BCUT2D eigenvalue weighted by Crippen LogP contribution is 2.34. The maximum absolute atomic E-state index is 12.5. The number of nitrogens with zero attached hydrogens (tertiary/aromatic N) is 2. The first-order valence-corrected chi connectivity index (χ1v) is 10.9. The fourth-order valence-corrected chi connectivity index (χ4v) is 4.86. The number of anilines is 2. The maximum atomic E-state index is 12.5. The number of aromatic nitrogens is 3. The summed E-state index contributed by atoms with van der Waals surface area (Å²) in [5.74, 6) is 0.563. The largest absolute Gasteiger partial charge is 0.338 e. The van der Waals surface area contributed by atoms with Crippen molar-refractivity contribution < 1.29 is 4.21 Å². The van der Waals surface area contributed by atoms with Gasteiger partial charge < -0.3 is 10.3 Å². The first kappa shape index (κ1) is 18.9. The van der Waals surface area contributed by atoms with Crippen LogP contribution in [-0.4, -0.2) is 23.7 Å². The first-order chi connectivity index (χ1) is 13.3. The number of aromatic amines is 1. The standard InChI is InChI=1S/C21H26N4O2S/c1-21(2,3)28(27)16-10-8-14(9-11-16)23-19-18-17(12-13-22-20(18)26)25(24-19)15-6-4-5-7-15/h8-13,15H,4-7H2,1-3H3,(H,22,26)(H,23,24). The molecule has 0 aliphatic heterocycles. The number of benzene rings is 1. The second kappa shape index (κ2) is 7.20. The highest BCUT2D eigenvalue weighted by Gasteiger charge is 2.23. The third-order valence-corrected chi connectivity index (χ3v) is 7.00. The predicted molar refractivity (Wildman–Crippen MR) is 114 cm³/mol. The van der Waals surface area contributed by atoms with Crippen LogP contribution in [0.4, 0.5) is 11.5 Å². The van der Waals surface area contributed by atoms with Crippen molar-refractivity contribution in [3.8, 4) is 0 Å². The van der Waals surface area contributed by atoms with Crippen molar-refractivity contribution in [1.29, 1.82) is 0 Å². The molecular formula is C21H26N4O2S. The number of H-pyrrole nitrogens is 1. The van der Waals surface area contributed by atoms with E-state index in [0.717, 1.165) is 28.9 Å². The molecule has 0 bridgehead atoms. The van der Waals surface area contributed by atoms with Gasteiger partial charge in [-0.2, -0.15) is 5.10 Å². The summed E-state index contributed by atoms with van der Waals surface area (Å²) in [4.78, 5) is 16.0. The Hall–Kier alpha value is -2.41. The van der Waals surface area contributed by atoms with E-state index in [0.29, 0.717) is 17.2 Å². The van der Waals surface area contributed by atoms with Crippen molar-refractivity contribution in [3.63, 3.8) is 0 Å². The van der Waals surface area contributed by atoms with Crippen LogP contribution in [0.3, 0.4) is 0 Å². The fraction of sp³-hybridized carbons (Fsp3) is 0.429. The lowest BCUT2D eigenvalue weighted by Gasteiger charge is -2.17. The van der Waals surface area contributed by atoms with E-state index in [1.54, 1.807) is 6.20 Å². The Morgan fingerprint density at radius 2 is 1.82 bits per heavy atom. The Kier molecular flexibility index (Phi) is 4.87. The van der Waals surface area contributed by atoms with Crippen LogP contribution >= 0.6 is 0 Å². The minimum Gasteiger partial charge on any atom is -0.338 e. The summed E-state index contributed by atoms with van der Waals surface area (Å²) in [6, 6.07) is 9.76. The van der Waals surface area contributed by atoms with E-state index in [4.69, 9.17) is 5.10 Å². The quantitative estimate of drug-likeness (QED) is 0.679. The lowest BCUT2D eigenvalue weighted by atomic mass is 10.2. The Bertz CT molecular complexity index is 1070.